The average molecular weight is 223 g/mol. The third kappa shape index (κ3) is 4.02. The summed E-state index contributed by atoms with van der Waals surface area (Å²) in [5, 5.41) is 3.38. The van der Waals surface area contributed by atoms with Crippen molar-refractivity contribution >= 4 is 11.8 Å². The highest BCUT2D eigenvalue weighted by atomic mass is 15.1. The van der Waals surface area contributed by atoms with Crippen LogP contribution < -0.4 is 11.1 Å². The lowest BCUT2D eigenvalue weighted by Crippen LogP contribution is -2.36. The Labute approximate surface area is 97.1 Å². The normalized spacial score (nSPS) is 13.1. The van der Waals surface area contributed by atoms with E-state index in [0.717, 1.165) is 12.4 Å². The van der Waals surface area contributed by atoms with Gasteiger partial charge in [0.1, 0.15) is 5.82 Å². The fraction of sp³-hybridized carbons (Fsp3) is 0.636. The summed E-state index contributed by atoms with van der Waals surface area (Å²) >= 11 is 0. The number of nitrogens with one attached hydrogen (secondary N) is 1. The van der Waals surface area contributed by atoms with Crippen molar-refractivity contribution in [2.75, 3.05) is 31.7 Å². The van der Waals surface area contributed by atoms with Gasteiger partial charge in [0.25, 0.3) is 0 Å². The van der Waals surface area contributed by atoms with Crippen LogP contribution in [0.4, 0.5) is 11.8 Å². The molecule has 0 fully saturated rings. The highest BCUT2D eigenvalue weighted by molar-refractivity contribution is 5.38. The molecule has 16 heavy (non-hydrogen) atoms. The van der Waals surface area contributed by atoms with Crippen LogP contribution in [0.3, 0.4) is 0 Å². The van der Waals surface area contributed by atoms with Gasteiger partial charge in [-0.25, -0.2) is 4.98 Å². The van der Waals surface area contributed by atoms with E-state index in [0.29, 0.717) is 17.9 Å². The lowest BCUT2D eigenvalue weighted by atomic mass is 10.0. The number of anilines is 2. The zero-order valence-corrected chi connectivity index (χ0v) is 10.4. The first-order chi connectivity index (χ1) is 7.49. The number of likely N-dealkylation sites (N-methyl/N-ethyl adjacent to an activating group) is 1. The van der Waals surface area contributed by atoms with Crippen molar-refractivity contribution in [3.63, 3.8) is 0 Å². The molecule has 5 heteroatoms. The largest absolute Gasteiger partial charge is 0.368 e. The first-order valence-electron chi connectivity index (χ1n) is 5.49. The Hall–Kier alpha value is -1.36. The van der Waals surface area contributed by atoms with Gasteiger partial charge in [-0.2, -0.15) is 4.98 Å². The van der Waals surface area contributed by atoms with E-state index in [-0.39, 0.29) is 0 Å². The zero-order chi connectivity index (χ0) is 12.1. The van der Waals surface area contributed by atoms with E-state index >= 15 is 0 Å². The van der Waals surface area contributed by atoms with Crippen LogP contribution in [0.1, 0.15) is 13.8 Å². The maximum atomic E-state index is 5.54. The van der Waals surface area contributed by atoms with E-state index in [1.165, 1.54) is 0 Å². The second-order valence-corrected chi connectivity index (χ2v) is 4.56. The molecular weight excluding hydrogens is 202 g/mol. The van der Waals surface area contributed by atoms with Crippen LogP contribution in [-0.4, -0.2) is 41.5 Å². The van der Waals surface area contributed by atoms with E-state index in [1.54, 1.807) is 6.20 Å². The molecular formula is C11H21N5. The van der Waals surface area contributed by atoms with Crippen LogP contribution >= 0.6 is 0 Å². The molecule has 0 saturated carbocycles. The molecule has 5 nitrogen and oxygen atoms in total. The topological polar surface area (TPSA) is 67.1 Å². The summed E-state index contributed by atoms with van der Waals surface area (Å²) < 4.78 is 0. The number of nitrogens with two attached hydrogens (primary N) is 1. The lowest BCUT2D eigenvalue weighted by molar-refractivity contribution is 0.344. The first kappa shape index (κ1) is 12.7. The minimum Gasteiger partial charge on any atom is -0.368 e. The molecule has 1 aromatic heterocycles. The summed E-state index contributed by atoms with van der Waals surface area (Å²) in [6.45, 7) is 5.33. The van der Waals surface area contributed by atoms with Crippen LogP contribution in [0, 0.1) is 5.92 Å². The smallest absolute Gasteiger partial charge is 0.221 e. The second kappa shape index (κ2) is 5.65. The summed E-state index contributed by atoms with van der Waals surface area (Å²) in [5.41, 5.74) is 5.54. The van der Waals surface area contributed by atoms with Gasteiger partial charge in [-0.15, -0.1) is 0 Å². The van der Waals surface area contributed by atoms with Gasteiger partial charge < -0.3 is 16.0 Å². The number of nitrogen functional groups attached to an aromatic ring is 1. The van der Waals surface area contributed by atoms with Gasteiger partial charge in [0.15, 0.2) is 0 Å². The highest BCUT2D eigenvalue weighted by Crippen LogP contribution is 2.11. The highest BCUT2D eigenvalue weighted by Gasteiger charge is 2.14. The molecule has 0 aromatic carbocycles. The quantitative estimate of drug-likeness (QED) is 0.781. The predicted octanol–water partition coefficient (Wildman–Crippen LogP) is 1.06. The predicted molar refractivity (Wildman–Crippen MR) is 67.2 cm³/mol. The Morgan fingerprint density at radius 1 is 1.44 bits per heavy atom. The molecule has 0 aliphatic rings. The van der Waals surface area contributed by atoms with Gasteiger partial charge in [-0.1, -0.05) is 13.8 Å². The maximum absolute atomic E-state index is 5.54. The molecule has 1 rings (SSSR count). The molecule has 0 bridgehead atoms. The molecule has 1 atom stereocenters. The second-order valence-electron chi connectivity index (χ2n) is 4.56. The van der Waals surface area contributed by atoms with Gasteiger partial charge in [0, 0.05) is 18.8 Å². The number of nitrogens with zero attached hydrogens (tertiary/aromatic N) is 3. The molecule has 1 unspecified atom stereocenters. The molecule has 1 aromatic rings. The Kier molecular flexibility index (Phi) is 4.49. The number of rotatable bonds is 5. The van der Waals surface area contributed by atoms with Crippen molar-refractivity contribution < 1.29 is 0 Å². The van der Waals surface area contributed by atoms with E-state index in [1.807, 2.05) is 6.07 Å². The van der Waals surface area contributed by atoms with E-state index < -0.39 is 0 Å². The SMILES string of the molecule is CC(C)C(CN(C)C)Nc1ccnc(N)n1. The Morgan fingerprint density at radius 2 is 2.12 bits per heavy atom. The first-order valence-corrected chi connectivity index (χ1v) is 5.49. The monoisotopic (exact) mass is 223 g/mol. The summed E-state index contributed by atoms with van der Waals surface area (Å²) in [6.07, 6.45) is 1.66. The molecule has 0 amide bonds. The summed E-state index contributed by atoms with van der Waals surface area (Å²) in [7, 11) is 4.12. The van der Waals surface area contributed by atoms with Crippen molar-refractivity contribution in [3.05, 3.63) is 12.3 Å². The third-order valence-electron chi connectivity index (χ3n) is 2.37. The van der Waals surface area contributed by atoms with Gasteiger partial charge in [-0.05, 0) is 26.1 Å². The van der Waals surface area contributed by atoms with Gasteiger partial charge in [0.05, 0.1) is 0 Å². The van der Waals surface area contributed by atoms with E-state index in [9.17, 15) is 0 Å². The minimum absolute atomic E-state index is 0.303. The van der Waals surface area contributed by atoms with Crippen molar-refractivity contribution in [2.45, 2.75) is 19.9 Å². The van der Waals surface area contributed by atoms with Crippen molar-refractivity contribution in [1.82, 2.24) is 14.9 Å². The summed E-state index contributed by atoms with van der Waals surface area (Å²) in [5.74, 6) is 1.61. The van der Waals surface area contributed by atoms with Crippen molar-refractivity contribution in [2.24, 2.45) is 5.92 Å². The number of aromatic nitrogens is 2. The van der Waals surface area contributed by atoms with Crippen LogP contribution in [0.5, 0.6) is 0 Å². The molecule has 90 valence electrons. The van der Waals surface area contributed by atoms with Crippen LogP contribution in [0.25, 0.3) is 0 Å². The molecule has 0 aliphatic heterocycles. The van der Waals surface area contributed by atoms with Gasteiger partial charge in [-0.3, -0.25) is 0 Å². The lowest BCUT2D eigenvalue weighted by Gasteiger charge is -2.26. The van der Waals surface area contributed by atoms with E-state index in [2.05, 4.69) is 48.1 Å². The summed E-state index contributed by atoms with van der Waals surface area (Å²) in [6, 6.07) is 2.19. The molecule has 0 spiro atoms. The standard InChI is InChI=1S/C11H21N5/c1-8(2)9(7-16(3)4)14-10-5-6-13-11(12)15-10/h5-6,8-9H,7H2,1-4H3,(H3,12,13,14,15). The molecule has 0 radical (unpaired) electrons. The van der Waals surface area contributed by atoms with Crippen molar-refractivity contribution in [1.29, 1.82) is 0 Å². The Balaban J connectivity index is 2.68. The Morgan fingerprint density at radius 3 is 2.62 bits per heavy atom. The zero-order valence-electron chi connectivity index (χ0n) is 10.4. The molecule has 3 N–H and O–H groups in total. The fourth-order valence-corrected chi connectivity index (χ4v) is 1.46. The minimum atomic E-state index is 0.303. The van der Waals surface area contributed by atoms with Crippen LogP contribution in [0.15, 0.2) is 12.3 Å². The molecule has 1 heterocycles. The van der Waals surface area contributed by atoms with Crippen LogP contribution in [-0.2, 0) is 0 Å². The third-order valence-corrected chi connectivity index (χ3v) is 2.37. The van der Waals surface area contributed by atoms with E-state index in [4.69, 9.17) is 5.73 Å². The Bertz CT molecular complexity index is 324. The average Bonchev–Trinajstić information content (AvgIpc) is 2.15. The van der Waals surface area contributed by atoms with Gasteiger partial charge >= 0.3 is 0 Å². The fourth-order valence-electron chi connectivity index (χ4n) is 1.46. The number of hydrogen-bond acceptors (Lipinski definition) is 5. The van der Waals surface area contributed by atoms with Crippen LogP contribution in [0.2, 0.25) is 0 Å². The molecule has 0 saturated heterocycles. The van der Waals surface area contributed by atoms with Crippen molar-refractivity contribution in [3.8, 4) is 0 Å². The van der Waals surface area contributed by atoms with Gasteiger partial charge in [0.2, 0.25) is 5.95 Å². The maximum Gasteiger partial charge on any atom is 0.221 e. The molecule has 0 aliphatic carbocycles. The summed E-state index contributed by atoms with van der Waals surface area (Å²) in [4.78, 5) is 10.2. The number of hydrogen-bond donors (Lipinski definition) is 2.